The van der Waals surface area contributed by atoms with Crippen LogP contribution in [0.1, 0.15) is 10.5 Å². The van der Waals surface area contributed by atoms with Gasteiger partial charge in [-0.1, -0.05) is 34.8 Å². The Hall–Kier alpha value is -1.16. The smallest absolute Gasteiger partial charge is 0.352 e. The first-order chi connectivity index (χ1) is 7.97. The van der Waals surface area contributed by atoms with E-state index < -0.39 is 5.97 Å². The maximum atomic E-state index is 11.0. The largest absolute Gasteiger partial charge is 0.477 e. The van der Waals surface area contributed by atoms with E-state index in [2.05, 4.69) is 0 Å². The van der Waals surface area contributed by atoms with Crippen molar-refractivity contribution >= 4 is 40.8 Å². The summed E-state index contributed by atoms with van der Waals surface area (Å²) in [5, 5.41) is 10.2. The van der Waals surface area contributed by atoms with Gasteiger partial charge in [-0.15, -0.1) is 0 Å². The van der Waals surface area contributed by atoms with Crippen LogP contribution in [0.15, 0.2) is 30.5 Å². The van der Waals surface area contributed by atoms with Crippen molar-refractivity contribution in [1.29, 1.82) is 0 Å². The average Bonchev–Trinajstić information content (AvgIpc) is 2.59. The molecule has 1 aromatic heterocycles. The maximum absolute atomic E-state index is 11.0. The van der Waals surface area contributed by atoms with Crippen LogP contribution in [0.3, 0.4) is 0 Å². The number of benzene rings is 1. The van der Waals surface area contributed by atoms with Gasteiger partial charge in [0.2, 0.25) is 0 Å². The third-order valence-electron chi connectivity index (χ3n) is 2.13. The zero-order valence-corrected chi connectivity index (χ0v) is 10.6. The lowest BCUT2D eigenvalue weighted by Crippen LogP contribution is -2.05. The van der Waals surface area contributed by atoms with Gasteiger partial charge >= 0.3 is 5.97 Å². The normalized spacial score (nSPS) is 10.5. The van der Waals surface area contributed by atoms with Gasteiger partial charge in [-0.3, -0.25) is 0 Å². The molecule has 0 aliphatic rings. The van der Waals surface area contributed by atoms with Crippen LogP contribution in [0.25, 0.3) is 5.69 Å². The highest BCUT2D eigenvalue weighted by Crippen LogP contribution is 2.25. The summed E-state index contributed by atoms with van der Waals surface area (Å²) < 4.78 is 1.42. The second-order valence-electron chi connectivity index (χ2n) is 3.35. The van der Waals surface area contributed by atoms with E-state index in [0.29, 0.717) is 20.8 Å². The lowest BCUT2D eigenvalue weighted by Gasteiger charge is -2.07. The van der Waals surface area contributed by atoms with Gasteiger partial charge in [0.05, 0.1) is 5.02 Å². The number of hydrogen-bond donors (Lipinski definition) is 1. The Morgan fingerprint density at radius 2 is 1.59 bits per heavy atom. The van der Waals surface area contributed by atoms with Crippen LogP contribution in [0.2, 0.25) is 15.1 Å². The van der Waals surface area contributed by atoms with Gasteiger partial charge in [0.1, 0.15) is 5.69 Å². The highest BCUT2D eigenvalue weighted by atomic mass is 35.5. The minimum atomic E-state index is -1.08. The molecule has 0 spiro atoms. The molecular formula is C11H6Cl3NO2. The molecule has 0 saturated heterocycles. The van der Waals surface area contributed by atoms with Crippen molar-refractivity contribution in [3.05, 3.63) is 51.2 Å². The Morgan fingerprint density at radius 1 is 1.00 bits per heavy atom. The molecular weight excluding hydrogens is 284 g/mol. The fourth-order valence-electron chi connectivity index (χ4n) is 1.49. The first-order valence-electron chi connectivity index (χ1n) is 4.55. The second-order valence-corrected chi connectivity index (χ2v) is 4.66. The number of nitrogens with zero attached hydrogens (tertiary/aromatic N) is 1. The lowest BCUT2D eigenvalue weighted by atomic mass is 10.3. The molecule has 0 aliphatic carbocycles. The van der Waals surface area contributed by atoms with Gasteiger partial charge < -0.3 is 9.67 Å². The summed E-state index contributed by atoms with van der Waals surface area (Å²) in [6, 6.07) is 6.14. The predicted molar refractivity (Wildman–Crippen MR) is 67.8 cm³/mol. The van der Waals surface area contributed by atoms with E-state index in [-0.39, 0.29) is 5.69 Å². The zero-order valence-electron chi connectivity index (χ0n) is 8.32. The summed E-state index contributed by atoms with van der Waals surface area (Å²) in [5.74, 6) is -1.08. The Bertz CT molecular complexity index is 572. The predicted octanol–water partition coefficient (Wildman–Crippen LogP) is 4.14. The minimum absolute atomic E-state index is 0.0494. The lowest BCUT2D eigenvalue weighted by molar-refractivity contribution is 0.0688. The van der Waals surface area contributed by atoms with Crippen LogP contribution in [-0.4, -0.2) is 15.6 Å². The summed E-state index contributed by atoms with van der Waals surface area (Å²) in [5.41, 5.74) is 0.597. The highest BCUT2D eigenvalue weighted by molar-refractivity contribution is 6.35. The van der Waals surface area contributed by atoms with Gasteiger partial charge in [0, 0.05) is 21.9 Å². The van der Waals surface area contributed by atoms with Crippen molar-refractivity contribution in [2.24, 2.45) is 0 Å². The molecule has 0 bridgehead atoms. The molecule has 1 N–H and O–H groups in total. The second kappa shape index (κ2) is 4.61. The SMILES string of the molecule is O=C(O)c1cc(Cl)cn1-c1cc(Cl)cc(Cl)c1. The van der Waals surface area contributed by atoms with E-state index >= 15 is 0 Å². The molecule has 2 rings (SSSR count). The molecule has 0 amide bonds. The fourth-order valence-corrected chi connectivity index (χ4v) is 2.20. The number of hydrogen-bond acceptors (Lipinski definition) is 1. The van der Waals surface area contributed by atoms with Crippen molar-refractivity contribution in [2.45, 2.75) is 0 Å². The van der Waals surface area contributed by atoms with Gasteiger partial charge in [0.25, 0.3) is 0 Å². The number of aromatic nitrogens is 1. The van der Waals surface area contributed by atoms with Crippen molar-refractivity contribution in [2.75, 3.05) is 0 Å². The topological polar surface area (TPSA) is 42.2 Å². The molecule has 0 aliphatic heterocycles. The molecule has 0 atom stereocenters. The minimum Gasteiger partial charge on any atom is -0.477 e. The standard InChI is InChI=1S/C11H6Cl3NO2/c12-6-1-7(13)3-9(2-6)15-5-8(14)4-10(15)11(16)17/h1-5H,(H,16,17). The summed E-state index contributed by atoms with van der Waals surface area (Å²) in [6.45, 7) is 0. The third-order valence-corrected chi connectivity index (χ3v) is 2.77. The number of aromatic carboxylic acids is 1. The molecule has 2 aromatic rings. The molecule has 1 heterocycles. The van der Waals surface area contributed by atoms with Crippen molar-refractivity contribution in [3.63, 3.8) is 0 Å². The number of carboxylic acid groups (broad SMARTS) is 1. The number of carboxylic acids is 1. The van der Waals surface area contributed by atoms with Gasteiger partial charge in [-0.05, 0) is 24.3 Å². The molecule has 0 radical (unpaired) electrons. The molecule has 6 heteroatoms. The zero-order chi connectivity index (χ0) is 12.6. The van der Waals surface area contributed by atoms with E-state index in [1.165, 1.54) is 16.8 Å². The number of carbonyl (C=O) groups is 1. The fraction of sp³-hybridized carbons (Fsp3) is 0. The Labute approximate surface area is 112 Å². The Kier molecular flexibility index (Phi) is 3.33. The van der Waals surface area contributed by atoms with Crippen LogP contribution in [0.4, 0.5) is 0 Å². The summed E-state index contributed by atoms with van der Waals surface area (Å²) in [7, 11) is 0. The van der Waals surface area contributed by atoms with E-state index in [9.17, 15) is 4.79 Å². The molecule has 88 valence electrons. The van der Waals surface area contributed by atoms with Crippen LogP contribution in [0, 0.1) is 0 Å². The average molecular weight is 291 g/mol. The highest BCUT2D eigenvalue weighted by Gasteiger charge is 2.13. The van der Waals surface area contributed by atoms with Crippen LogP contribution < -0.4 is 0 Å². The van der Waals surface area contributed by atoms with Crippen LogP contribution >= 0.6 is 34.8 Å². The molecule has 0 fully saturated rings. The first-order valence-corrected chi connectivity index (χ1v) is 5.68. The first kappa shape index (κ1) is 12.3. The maximum Gasteiger partial charge on any atom is 0.352 e. The summed E-state index contributed by atoms with van der Waals surface area (Å²) in [4.78, 5) is 11.0. The van der Waals surface area contributed by atoms with Gasteiger partial charge in [0.15, 0.2) is 0 Å². The molecule has 0 unspecified atom stereocenters. The van der Waals surface area contributed by atoms with Crippen LogP contribution in [0.5, 0.6) is 0 Å². The van der Waals surface area contributed by atoms with E-state index in [0.717, 1.165) is 0 Å². The van der Waals surface area contributed by atoms with E-state index in [1.807, 2.05) is 0 Å². The summed E-state index contributed by atoms with van der Waals surface area (Å²) in [6.07, 6.45) is 1.49. The molecule has 3 nitrogen and oxygen atoms in total. The van der Waals surface area contributed by atoms with E-state index in [1.54, 1.807) is 18.2 Å². The van der Waals surface area contributed by atoms with Crippen LogP contribution in [-0.2, 0) is 0 Å². The molecule has 17 heavy (non-hydrogen) atoms. The number of halogens is 3. The number of rotatable bonds is 2. The summed E-state index contributed by atoms with van der Waals surface area (Å²) >= 11 is 17.5. The van der Waals surface area contributed by atoms with E-state index in [4.69, 9.17) is 39.9 Å². The molecule has 1 aromatic carbocycles. The third kappa shape index (κ3) is 2.57. The van der Waals surface area contributed by atoms with Gasteiger partial charge in [-0.2, -0.15) is 0 Å². The Balaban J connectivity index is 2.63. The van der Waals surface area contributed by atoms with Crippen molar-refractivity contribution in [3.8, 4) is 5.69 Å². The monoisotopic (exact) mass is 289 g/mol. The van der Waals surface area contributed by atoms with Gasteiger partial charge in [-0.25, -0.2) is 4.79 Å². The molecule has 0 saturated carbocycles. The quantitative estimate of drug-likeness (QED) is 0.903. The van der Waals surface area contributed by atoms with Crippen molar-refractivity contribution in [1.82, 2.24) is 4.57 Å². The van der Waals surface area contributed by atoms with Crippen molar-refractivity contribution < 1.29 is 9.90 Å². The Morgan fingerprint density at radius 3 is 2.12 bits per heavy atom.